The molecule has 1 fully saturated rings. The molecule has 5 nitrogen and oxygen atoms in total. The molecule has 0 amide bonds. The number of carbonyl (C=O) groups excluding carboxylic acids is 1. The fourth-order valence-electron chi connectivity index (χ4n) is 1.88. The molecule has 6 heteroatoms. The van der Waals surface area contributed by atoms with Gasteiger partial charge in [-0.15, -0.1) is 0 Å². The Kier molecular flexibility index (Phi) is 2.67. The Morgan fingerprint density at radius 1 is 1.81 bits per heavy atom. The second-order valence-electron chi connectivity index (χ2n) is 3.72. The fourth-order valence-corrected chi connectivity index (χ4v) is 2.59. The molecule has 2 rings (SSSR count). The maximum atomic E-state index is 11.6. The number of hydrogen-bond donors (Lipinski definition) is 0. The van der Waals surface area contributed by atoms with Gasteiger partial charge in [-0.25, -0.2) is 4.79 Å². The molecule has 0 aliphatic heterocycles. The average molecular weight is 241 g/mol. The Labute approximate surface area is 96.2 Å². The third kappa shape index (κ3) is 1.49. The number of rotatable bonds is 4. The molecule has 1 aromatic rings. The van der Waals surface area contributed by atoms with Crippen LogP contribution in [0.3, 0.4) is 0 Å². The second-order valence-corrected chi connectivity index (χ2v) is 4.50. The normalized spacial score (nSPS) is 27.4. The van der Waals surface area contributed by atoms with Crippen molar-refractivity contribution in [1.82, 2.24) is 0 Å². The number of nitrogens with zero attached hydrogens (tertiary/aromatic N) is 1. The van der Waals surface area contributed by atoms with Crippen molar-refractivity contribution in [2.45, 2.75) is 24.8 Å². The molecule has 0 N–H and O–H groups in total. The summed E-state index contributed by atoms with van der Waals surface area (Å²) in [4.78, 5) is 22.1. The first-order valence-electron chi connectivity index (χ1n) is 4.96. The fraction of sp³-hybridized carbons (Fsp3) is 0.500. The third-order valence-corrected chi connectivity index (χ3v) is 3.53. The maximum absolute atomic E-state index is 11.6. The molecule has 2 atom stereocenters. The van der Waals surface area contributed by atoms with Crippen LogP contribution in [0, 0.1) is 10.1 Å². The Bertz CT molecular complexity index is 416. The van der Waals surface area contributed by atoms with Crippen molar-refractivity contribution < 1.29 is 14.5 Å². The first-order chi connectivity index (χ1) is 7.63. The van der Waals surface area contributed by atoms with E-state index >= 15 is 0 Å². The molecule has 0 saturated heterocycles. The summed E-state index contributed by atoms with van der Waals surface area (Å²) in [6, 6.07) is 1.82. The van der Waals surface area contributed by atoms with Crippen molar-refractivity contribution in [2.75, 3.05) is 6.61 Å². The molecule has 0 radical (unpaired) electrons. The highest BCUT2D eigenvalue weighted by Crippen LogP contribution is 2.54. The zero-order valence-electron chi connectivity index (χ0n) is 8.71. The number of esters is 1. The van der Waals surface area contributed by atoms with Crippen molar-refractivity contribution >= 4 is 17.3 Å². The van der Waals surface area contributed by atoms with Gasteiger partial charge in [-0.2, -0.15) is 11.3 Å². The minimum atomic E-state index is -1.53. The van der Waals surface area contributed by atoms with Crippen LogP contribution in [-0.4, -0.2) is 23.0 Å². The minimum absolute atomic E-state index is 0.171. The lowest BCUT2D eigenvalue weighted by molar-refractivity contribution is -0.527. The number of carbonyl (C=O) groups is 1. The Hall–Kier alpha value is -1.43. The molecule has 1 aliphatic carbocycles. The van der Waals surface area contributed by atoms with E-state index in [1.165, 1.54) is 11.3 Å². The summed E-state index contributed by atoms with van der Waals surface area (Å²) in [5.74, 6) is -1.04. The monoisotopic (exact) mass is 241 g/mol. The van der Waals surface area contributed by atoms with Crippen molar-refractivity contribution in [3.8, 4) is 0 Å². The average Bonchev–Trinajstić information content (AvgIpc) is 2.78. The van der Waals surface area contributed by atoms with Gasteiger partial charge in [-0.1, -0.05) is 0 Å². The maximum Gasteiger partial charge on any atom is 0.385 e. The summed E-state index contributed by atoms with van der Waals surface area (Å²) < 4.78 is 4.78. The predicted molar refractivity (Wildman–Crippen MR) is 58.0 cm³/mol. The highest BCUT2D eigenvalue weighted by Gasteiger charge is 2.74. The third-order valence-electron chi connectivity index (χ3n) is 2.83. The van der Waals surface area contributed by atoms with E-state index in [-0.39, 0.29) is 18.9 Å². The number of thiophene rings is 1. The van der Waals surface area contributed by atoms with Crippen molar-refractivity contribution in [3.63, 3.8) is 0 Å². The van der Waals surface area contributed by atoms with Gasteiger partial charge < -0.3 is 4.74 Å². The van der Waals surface area contributed by atoms with Gasteiger partial charge in [-0.05, 0) is 29.3 Å². The van der Waals surface area contributed by atoms with Crippen molar-refractivity contribution in [2.24, 2.45) is 0 Å². The molecule has 0 bridgehead atoms. The SMILES string of the molecule is CCOC(=O)C1([N+](=O)[O-])CC1c1ccsc1. The first-order valence-corrected chi connectivity index (χ1v) is 5.91. The van der Waals surface area contributed by atoms with Gasteiger partial charge in [0.2, 0.25) is 0 Å². The van der Waals surface area contributed by atoms with Gasteiger partial charge in [0.05, 0.1) is 12.5 Å². The molecule has 0 aromatic carbocycles. The second kappa shape index (κ2) is 3.86. The van der Waals surface area contributed by atoms with Crippen LogP contribution in [-0.2, 0) is 9.53 Å². The largest absolute Gasteiger partial charge is 0.461 e. The van der Waals surface area contributed by atoms with Gasteiger partial charge in [0, 0.05) is 11.3 Å². The molecule has 1 aromatic heterocycles. The highest BCUT2D eigenvalue weighted by molar-refractivity contribution is 7.08. The molecule has 0 spiro atoms. The Morgan fingerprint density at radius 3 is 3.06 bits per heavy atom. The Balaban J connectivity index is 2.22. The molecular weight excluding hydrogens is 230 g/mol. The van der Waals surface area contributed by atoms with E-state index in [1.54, 1.807) is 6.92 Å². The molecule has 86 valence electrons. The van der Waals surface area contributed by atoms with Gasteiger partial charge in [-0.3, -0.25) is 10.1 Å². The summed E-state index contributed by atoms with van der Waals surface area (Å²) >= 11 is 1.47. The lowest BCUT2D eigenvalue weighted by Crippen LogP contribution is -2.35. The van der Waals surface area contributed by atoms with E-state index in [2.05, 4.69) is 0 Å². The van der Waals surface area contributed by atoms with Crippen LogP contribution in [0.15, 0.2) is 16.8 Å². The van der Waals surface area contributed by atoms with Crippen LogP contribution in [0.5, 0.6) is 0 Å². The zero-order chi connectivity index (χ0) is 11.8. The van der Waals surface area contributed by atoms with Gasteiger partial charge >= 0.3 is 11.5 Å². The van der Waals surface area contributed by atoms with E-state index in [1.807, 2.05) is 16.8 Å². The summed E-state index contributed by atoms with van der Waals surface area (Å²) in [6.45, 7) is 1.82. The van der Waals surface area contributed by atoms with E-state index < -0.39 is 16.4 Å². The summed E-state index contributed by atoms with van der Waals surface area (Å²) in [5.41, 5.74) is -0.674. The molecule has 16 heavy (non-hydrogen) atoms. The van der Waals surface area contributed by atoms with Crippen molar-refractivity contribution in [1.29, 1.82) is 0 Å². The van der Waals surface area contributed by atoms with Crippen molar-refractivity contribution in [3.05, 3.63) is 32.5 Å². The van der Waals surface area contributed by atoms with E-state index in [4.69, 9.17) is 4.74 Å². The Morgan fingerprint density at radius 2 is 2.56 bits per heavy atom. The zero-order valence-corrected chi connectivity index (χ0v) is 9.53. The summed E-state index contributed by atoms with van der Waals surface area (Å²) in [6.07, 6.45) is 0.246. The van der Waals surface area contributed by atoms with Crippen LogP contribution in [0.1, 0.15) is 24.8 Å². The number of hydrogen-bond acceptors (Lipinski definition) is 5. The number of nitro groups is 1. The molecule has 1 aliphatic rings. The quantitative estimate of drug-likeness (QED) is 0.458. The topological polar surface area (TPSA) is 69.4 Å². The van der Waals surface area contributed by atoms with Crippen LogP contribution in [0.4, 0.5) is 0 Å². The molecule has 2 unspecified atom stereocenters. The molecule has 1 saturated carbocycles. The van der Waals surface area contributed by atoms with E-state index in [9.17, 15) is 14.9 Å². The van der Waals surface area contributed by atoms with E-state index in [0.717, 1.165) is 5.56 Å². The van der Waals surface area contributed by atoms with E-state index in [0.29, 0.717) is 0 Å². The predicted octanol–water partition coefficient (Wildman–Crippen LogP) is 1.81. The van der Waals surface area contributed by atoms with Crippen LogP contribution in [0.25, 0.3) is 0 Å². The molecule has 1 heterocycles. The van der Waals surface area contributed by atoms with Gasteiger partial charge in [0.1, 0.15) is 0 Å². The lowest BCUT2D eigenvalue weighted by Gasteiger charge is -2.07. The first kappa shape index (κ1) is 11.1. The lowest BCUT2D eigenvalue weighted by atomic mass is 10.1. The minimum Gasteiger partial charge on any atom is -0.461 e. The standard InChI is InChI=1S/C10H11NO4S/c1-2-15-9(12)10(11(13)14)5-8(10)7-3-4-16-6-7/h3-4,6,8H,2,5H2,1H3. The highest BCUT2D eigenvalue weighted by atomic mass is 32.1. The van der Waals surface area contributed by atoms with Gasteiger partial charge in [0.15, 0.2) is 0 Å². The van der Waals surface area contributed by atoms with Crippen LogP contribution < -0.4 is 0 Å². The smallest absolute Gasteiger partial charge is 0.385 e. The summed E-state index contributed by atoms with van der Waals surface area (Å²) in [5, 5.41) is 14.7. The van der Waals surface area contributed by atoms with Gasteiger partial charge in [0.25, 0.3) is 0 Å². The van der Waals surface area contributed by atoms with Crippen LogP contribution >= 0.6 is 11.3 Å². The number of ether oxygens (including phenoxy) is 1. The molecular formula is C10H11NO4S. The van der Waals surface area contributed by atoms with Crippen LogP contribution in [0.2, 0.25) is 0 Å². The summed E-state index contributed by atoms with van der Waals surface area (Å²) in [7, 11) is 0.